The number of hydrogen-bond acceptors (Lipinski definition) is 3. The van der Waals surface area contributed by atoms with Gasteiger partial charge in [0, 0.05) is 30.6 Å². The SMILES string of the molecule is O=C(c1ccccc1)N1CCN(C(=O)c2ccccc2)C1CC(O)(Cl)c1ccccc1. The second-order valence-electron chi connectivity index (χ2n) is 7.54. The average molecular weight is 435 g/mol. The normalized spacial score (nSPS) is 16.2. The Kier molecular flexibility index (Phi) is 6.07. The molecule has 0 spiro atoms. The summed E-state index contributed by atoms with van der Waals surface area (Å²) in [4.78, 5) is 29.7. The van der Waals surface area contributed by atoms with Crippen molar-refractivity contribution in [3.05, 3.63) is 108 Å². The molecule has 0 radical (unpaired) electrons. The average Bonchev–Trinajstić information content (AvgIpc) is 3.22. The van der Waals surface area contributed by atoms with Gasteiger partial charge in [-0.1, -0.05) is 78.3 Å². The van der Waals surface area contributed by atoms with Crippen molar-refractivity contribution in [2.24, 2.45) is 0 Å². The van der Waals surface area contributed by atoms with Gasteiger partial charge in [-0.15, -0.1) is 0 Å². The van der Waals surface area contributed by atoms with Crippen molar-refractivity contribution in [2.45, 2.75) is 17.6 Å². The van der Waals surface area contributed by atoms with Crippen molar-refractivity contribution in [2.75, 3.05) is 13.1 Å². The van der Waals surface area contributed by atoms with Gasteiger partial charge in [-0.3, -0.25) is 9.59 Å². The number of benzene rings is 3. The van der Waals surface area contributed by atoms with Gasteiger partial charge in [0.2, 0.25) is 0 Å². The predicted octanol–water partition coefficient (Wildman–Crippen LogP) is 4.09. The maximum atomic E-state index is 13.2. The first-order valence-electron chi connectivity index (χ1n) is 10.2. The number of carbonyl (C=O) groups is 2. The van der Waals surface area contributed by atoms with Crippen LogP contribution in [0.25, 0.3) is 0 Å². The van der Waals surface area contributed by atoms with Crippen LogP contribution in [-0.4, -0.2) is 46.0 Å². The summed E-state index contributed by atoms with van der Waals surface area (Å²) in [5.41, 5.74) is 1.57. The number of amides is 2. The molecule has 1 atom stereocenters. The van der Waals surface area contributed by atoms with Crippen molar-refractivity contribution < 1.29 is 14.7 Å². The Morgan fingerprint density at radius 2 is 1.16 bits per heavy atom. The van der Waals surface area contributed by atoms with E-state index >= 15 is 0 Å². The number of aliphatic hydroxyl groups is 1. The van der Waals surface area contributed by atoms with E-state index in [-0.39, 0.29) is 18.2 Å². The number of hydrogen-bond donors (Lipinski definition) is 1. The van der Waals surface area contributed by atoms with Crippen LogP contribution >= 0.6 is 11.6 Å². The minimum absolute atomic E-state index is 0.0181. The van der Waals surface area contributed by atoms with Gasteiger partial charge in [0.1, 0.15) is 6.17 Å². The highest BCUT2D eigenvalue weighted by Gasteiger charge is 2.43. The van der Waals surface area contributed by atoms with Crippen LogP contribution in [-0.2, 0) is 5.06 Å². The zero-order valence-electron chi connectivity index (χ0n) is 16.9. The molecule has 6 heteroatoms. The summed E-state index contributed by atoms with van der Waals surface area (Å²) in [6, 6.07) is 26.7. The topological polar surface area (TPSA) is 60.9 Å². The Morgan fingerprint density at radius 3 is 1.58 bits per heavy atom. The lowest BCUT2D eigenvalue weighted by Gasteiger charge is -2.35. The van der Waals surface area contributed by atoms with Gasteiger partial charge in [-0.2, -0.15) is 0 Å². The Labute approximate surface area is 186 Å². The van der Waals surface area contributed by atoms with Crippen LogP contribution in [0.2, 0.25) is 0 Å². The molecule has 31 heavy (non-hydrogen) atoms. The van der Waals surface area contributed by atoms with Crippen molar-refractivity contribution in [1.29, 1.82) is 0 Å². The van der Waals surface area contributed by atoms with Crippen molar-refractivity contribution >= 4 is 23.4 Å². The molecule has 1 heterocycles. The summed E-state index contributed by atoms with van der Waals surface area (Å²) in [6.07, 6.45) is -0.710. The number of nitrogens with zero attached hydrogens (tertiary/aromatic N) is 2. The second-order valence-corrected chi connectivity index (χ2v) is 8.16. The molecule has 0 saturated carbocycles. The molecular weight excluding hydrogens is 412 g/mol. The third-order valence-electron chi connectivity index (χ3n) is 5.53. The predicted molar refractivity (Wildman–Crippen MR) is 120 cm³/mol. The van der Waals surface area contributed by atoms with Crippen LogP contribution in [0.15, 0.2) is 91.0 Å². The van der Waals surface area contributed by atoms with E-state index in [0.717, 1.165) is 0 Å². The first-order chi connectivity index (χ1) is 15.0. The highest BCUT2D eigenvalue weighted by Crippen LogP contribution is 2.35. The van der Waals surface area contributed by atoms with E-state index in [1.807, 2.05) is 18.2 Å². The monoisotopic (exact) mass is 434 g/mol. The fourth-order valence-corrected chi connectivity index (χ4v) is 4.19. The number of carbonyl (C=O) groups excluding carboxylic acids is 2. The highest BCUT2D eigenvalue weighted by molar-refractivity contribution is 6.22. The third-order valence-corrected chi connectivity index (χ3v) is 5.91. The van der Waals surface area contributed by atoms with Gasteiger partial charge in [0.25, 0.3) is 11.8 Å². The van der Waals surface area contributed by atoms with E-state index in [2.05, 4.69) is 0 Å². The summed E-state index contributed by atoms with van der Waals surface area (Å²) in [5, 5.41) is 9.34. The molecule has 5 nitrogen and oxygen atoms in total. The van der Waals surface area contributed by atoms with E-state index < -0.39 is 11.2 Å². The summed E-state index contributed by atoms with van der Waals surface area (Å²) in [5.74, 6) is -0.399. The molecule has 1 aliphatic rings. The minimum atomic E-state index is -1.74. The Morgan fingerprint density at radius 1 is 0.774 bits per heavy atom. The second kappa shape index (κ2) is 8.92. The van der Waals surface area contributed by atoms with Gasteiger partial charge < -0.3 is 14.9 Å². The molecular formula is C25H23ClN2O3. The first-order valence-corrected chi connectivity index (χ1v) is 10.5. The summed E-state index contributed by atoms with van der Waals surface area (Å²) in [7, 11) is 0. The Balaban J connectivity index is 1.67. The van der Waals surface area contributed by atoms with Crippen molar-refractivity contribution in [3.63, 3.8) is 0 Å². The summed E-state index contributed by atoms with van der Waals surface area (Å²) < 4.78 is 0. The summed E-state index contributed by atoms with van der Waals surface area (Å²) >= 11 is 6.55. The van der Waals surface area contributed by atoms with Gasteiger partial charge >= 0.3 is 0 Å². The Bertz CT molecular complexity index is 983. The molecule has 1 aliphatic heterocycles. The van der Waals surface area contributed by atoms with Gasteiger partial charge in [-0.05, 0) is 29.8 Å². The van der Waals surface area contributed by atoms with Crippen LogP contribution in [0.1, 0.15) is 32.7 Å². The van der Waals surface area contributed by atoms with Crippen LogP contribution in [0.5, 0.6) is 0 Å². The molecule has 3 aromatic carbocycles. The molecule has 4 rings (SSSR count). The lowest BCUT2D eigenvalue weighted by Crippen LogP contribution is -2.47. The fourth-order valence-electron chi connectivity index (χ4n) is 3.92. The van der Waals surface area contributed by atoms with Crippen molar-refractivity contribution in [1.82, 2.24) is 9.80 Å². The largest absolute Gasteiger partial charge is 0.371 e. The lowest BCUT2D eigenvalue weighted by molar-refractivity contribution is 0.0290. The molecule has 1 N–H and O–H groups in total. The van der Waals surface area contributed by atoms with Crippen LogP contribution in [0.4, 0.5) is 0 Å². The quantitative estimate of drug-likeness (QED) is 0.615. The molecule has 1 saturated heterocycles. The molecule has 1 unspecified atom stereocenters. The molecule has 0 bridgehead atoms. The molecule has 3 aromatic rings. The van der Waals surface area contributed by atoms with Crippen LogP contribution in [0, 0.1) is 0 Å². The van der Waals surface area contributed by atoms with Crippen LogP contribution < -0.4 is 0 Å². The van der Waals surface area contributed by atoms with E-state index in [1.54, 1.807) is 82.6 Å². The number of rotatable bonds is 5. The highest BCUT2D eigenvalue weighted by atomic mass is 35.5. The molecule has 2 amide bonds. The van der Waals surface area contributed by atoms with E-state index in [1.165, 1.54) is 0 Å². The standard InChI is InChI=1S/C25H23ClN2O3/c26-25(31,21-14-8-3-9-15-21)18-22-27(23(29)19-10-4-1-5-11-19)16-17-28(22)24(30)20-12-6-2-7-13-20/h1-15,22,31H,16-18H2. The lowest BCUT2D eigenvalue weighted by atomic mass is 10.0. The molecule has 0 aliphatic carbocycles. The smallest absolute Gasteiger partial charge is 0.255 e. The van der Waals surface area contributed by atoms with E-state index in [0.29, 0.717) is 29.8 Å². The van der Waals surface area contributed by atoms with Gasteiger partial charge in [-0.25, -0.2) is 0 Å². The van der Waals surface area contributed by atoms with Gasteiger partial charge in [0.05, 0.1) is 0 Å². The zero-order chi connectivity index (χ0) is 21.8. The number of alkyl halides is 1. The maximum Gasteiger partial charge on any atom is 0.255 e. The third kappa shape index (κ3) is 4.48. The van der Waals surface area contributed by atoms with Crippen molar-refractivity contribution in [3.8, 4) is 0 Å². The molecule has 1 fully saturated rings. The van der Waals surface area contributed by atoms with Crippen LogP contribution in [0.3, 0.4) is 0 Å². The summed E-state index contributed by atoms with van der Waals surface area (Å²) in [6.45, 7) is 0.720. The number of halogens is 1. The minimum Gasteiger partial charge on any atom is -0.371 e. The zero-order valence-corrected chi connectivity index (χ0v) is 17.7. The van der Waals surface area contributed by atoms with E-state index in [4.69, 9.17) is 11.6 Å². The molecule has 158 valence electrons. The fraction of sp³-hybridized carbons (Fsp3) is 0.200. The maximum absolute atomic E-state index is 13.2. The first kappa shape index (κ1) is 21.1. The van der Waals surface area contributed by atoms with E-state index in [9.17, 15) is 14.7 Å². The van der Waals surface area contributed by atoms with Gasteiger partial charge in [0.15, 0.2) is 5.06 Å². The molecule has 0 aromatic heterocycles. The Hall–Kier alpha value is -3.15.